The van der Waals surface area contributed by atoms with Crippen LogP contribution in [0.1, 0.15) is 33.3 Å². The summed E-state index contributed by atoms with van der Waals surface area (Å²) < 4.78 is 41.9. The minimum atomic E-state index is -1.68. The number of hydrogen-bond acceptors (Lipinski definition) is 14. The maximum Gasteiger partial charge on any atom is 0.339 e. The molecule has 1 aromatic rings. The van der Waals surface area contributed by atoms with Gasteiger partial charge in [0.15, 0.2) is 29.8 Å². The fourth-order valence-electron chi connectivity index (χ4n) is 3.49. The summed E-state index contributed by atoms with van der Waals surface area (Å²) in [4.78, 5) is 71.4. The van der Waals surface area contributed by atoms with Crippen LogP contribution in [-0.4, -0.2) is 80.7 Å². The Kier molecular flexibility index (Phi) is 11.0. The standard InChI is InChI=1S/C25H28O14/c1-12(26)34-18-11-16(8-10-19(30)32-5)7-9-17(18)38-25-23(37-15(4)29)21(36-14(3)28)20(35-13(2)27)22(39-25)24(31)33-6/h7-11,20-23,25H,1-6H3/b10-8+/t20-,21?,22?,23?,25-/m1/s1. The molecule has 1 saturated heterocycles. The van der Waals surface area contributed by atoms with Crippen LogP contribution in [0, 0.1) is 0 Å². The van der Waals surface area contributed by atoms with E-state index in [-0.39, 0.29) is 11.5 Å². The van der Waals surface area contributed by atoms with Crippen LogP contribution < -0.4 is 9.47 Å². The van der Waals surface area contributed by atoms with Gasteiger partial charge in [0, 0.05) is 33.8 Å². The smallest absolute Gasteiger partial charge is 0.339 e. The van der Waals surface area contributed by atoms with E-state index in [9.17, 15) is 28.8 Å². The highest BCUT2D eigenvalue weighted by Gasteiger charge is 2.56. The first-order valence-corrected chi connectivity index (χ1v) is 11.4. The van der Waals surface area contributed by atoms with Crippen molar-refractivity contribution in [3.8, 4) is 11.5 Å². The maximum atomic E-state index is 12.6. The van der Waals surface area contributed by atoms with Gasteiger partial charge in [0.1, 0.15) is 0 Å². The normalized spacial score (nSPS) is 22.3. The van der Waals surface area contributed by atoms with Crippen molar-refractivity contribution < 1.29 is 66.7 Å². The molecule has 0 aliphatic carbocycles. The third-order valence-electron chi connectivity index (χ3n) is 4.91. The van der Waals surface area contributed by atoms with Crippen LogP contribution in [0.3, 0.4) is 0 Å². The molecule has 0 N–H and O–H groups in total. The molecule has 1 aromatic carbocycles. The Balaban J connectivity index is 2.58. The predicted molar refractivity (Wildman–Crippen MR) is 127 cm³/mol. The van der Waals surface area contributed by atoms with Gasteiger partial charge in [-0.05, 0) is 23.8 Å². The molecule has 0 spiro atoms. The SMILES string of the molecule is COC(=O)/C=C/c1ccc(O[C@@H]2OC(C(=O)OC)[C@H](OC(C)=O)C(OC(C)=O)C2OC(C)=O)c(OC(C)=O)c1. The average Bonchev–Trinajstić information content (AvgIpc) is 2.85. The van der Waals surface area contributed by atoms with E-state index in [0.717, 1.165) is 40.9 Å². The lowest BCUT2D eigenvalue weighted by Crippen LogP contribution is -2.64. The highest BCUT2D eigenvalue weighted by molar-refractivity contribution is 5.87. The van der Waals surface area contributed by atoms with E-state index in [4.69, 9.17) is 33.2 Å². The molecule has 14 heteroatoms. The third-order valence-corrected chi connectivity index (χ3v) is 4.91. The van der Waals surface area contributed by atoms with E-state index in [0.29, 0.717) is 5.56 Å². The number of methoxy groups -OCH3 is 2. The Hall–Kier alpha value is -4.46. The third kappa shape index (κ3) is 8.81. The van der Waals surface area contributed by atoms with E-state index < -0.39 is 66.5 Å². The van der Waals surface area contributed by atoms with Gasteiger partial charge in [0.2, 0.25) is 12.4 Å². The van der Waals surface area contributed by atoms with Gasteiger partial charge in [-0.3, -0.25) is 19.2 Å². The van der Waals surface area contributed by atoms with E-state index in [2.05, 4.69) is 4.74 Å². The van der Waals surface area contributed by atoms with Gasteiger partial charge in [0.25, 0.3) is 0 Å². The summed E-state index contributed by atoms with van der Waals surface area (Å²) in [6.45, 7) is 4.28. The summed E-state index contributed by atoms with van der Waals surface area (Å²) in [5.74, 6) is -5.21. The summed E-state index contributed by atoms with van der Waals surface area (Å²) >= 11 is 0. The Morgan fingerprint density at radius 2 is 1.33 bits per heavy atom. The molecule has 39 heavy (non-hydrogen) atoms. The van der Waals surface area contributed by atoms with Gasteiger partial charge < -0.3 is 37.9 Å². The van der Waals surface area contributed by atoms with Crippen LogP contribution in [0.4, 0.5) is 0 Å². The Morgan fingerprint density at radius 3 is 1.87 bits per heavy atom. The van der Waals surface area contributed by atoms with Crippen molar-refractivity contribution in [1.29, 1.82) is 0 Å². The molecular weight excluding hydrogens is 524 g/mol. The van der Waals surface area contributed by atoms with Crippen molar-refractivity contribution >= 4 is 41.9 Å². The molecule has 14 nitrogen and oxygen atoms in total. The molecule has 0 saturated carbocycles. The van der Waals surface area contributed by atoms with Gasteiger partial charge in [-0.25, -0.2) is 9.59 Å². The molecule has 0 radical (unpaired) electrons. The molecule has 0 aromatic heterocycles. The van der Waals surface area contributed by atoms with Gasteiger partial charge in [-0.1, -0.05) is 6.07 Å². The summed E-state index contributed by atoms with van der Waals surface area (Å²) in [5, 5.41) is 0. The van der Waals surface area contributed by atoms with Crippen LogP contribution in [0.25, 0.3) is 6.08 Å². The molecule has 0 bridgehead atoms. The fourth-order valence-corrected chi connectivity index (χ4v) is 3.49. The van der Waals surface area contributed by atoms with Gasteiger partial charge >= 0.3 is 35.8 Å². The summed E-state index contributed by atoms with van der Waals surface area (Å²) in [5.41, 5.74) is 0.408. The molecule has 1 aliphatic rings. The Bertz CT molecular complexity index is 1140. The lowest BCUT2D eigenvalue weighted by Gasteiger charge is -2.43. The quantitative estimate of drug-likeness (QED) is 0.182. The van der Waals surface area contributed by atoms with Crippen molar-refractivity contribution in [2.24, 2.45) is 0 Å². The minimum absolute atomic E-state index is 0.126. The Morgan fingerprint density at radius 1 is 0.744 bits per heavy atom. The second-order valence-corrected chi connectivity index (χ2v) is 7.94. The van der Waals surface area contributed by atoms with Gasteiger partial charge in [0.05, 0.1) is 14.2 Å². The summed E-state index contributed by atoms with van der Waals surface area (Å²) in [6, 6.07) is 4.17. The molecule has 2 rings (SSSR count). The first kappa shape index (κ1) is 30.8. The highest BCUT2D eigenvalue weighted by Crippen LogP contribution is 2.35. The second-order valence-electron chi connectivity index (χ2n) is 7.94. The molecule has 5 atom stereocenters. The molecule has 1 heterocycles. The molecule has 212 valence electrons. The van der Waals surface area contributed by atoms with Gasteiger partial charge in [-0.15, -0.1) is 0 Å². The second kappa shape index (κ2) is 13.9. The fraction of sp³-hybridized carbons (Fsp3) is 0.440. The van der Waals surface area contributed by atoms with E-state index in [1.54, 1.807) is 0 Å². The zero-order valence-corrected chi connectivity index (χ0v) is 22.0. The number of rotatable bonds is 9. The Labute approximate surface area is 223 Å². The largest absolute Gasteiger partial charge is 0.467 e. The summed E-state index contributed by atoms with van der Waals surface area (Å²) in [7, 11) is 2.25. The number of hydrogen-bond donors (Lipinski definition) is 0. The van der Waals surface area contributed by atoms with Crippen molar-refractivity contribution in [1.82, 2.24) is 0 Å². The molecule has 1 fully saturated rings. The predicted octanol–water partition coefficient (Wildman–Crippen LogP) is 0.870. The number of benzene rings is 1. The zero-order chi connectivity index (χ0) is 29.3. The van der Waals surface area contributed by atoms with Crippen LogP contribution in [-0.2, 0) is 57.2 Å². The van der Waals surface area contributed by atoms with Crippen LogP contribution in [0.5, 0.6) is 11.5 Å². The maximum absolute atomic E-state index is 12.6. The first-order chi connectivity index (χ1) is 18.4. The van der Waals surface area contributed by atoms with Gasteiger partial charge in [-0.2, -0.15) is 0 Å². The highest BCUT2D eigenvalue weighted by atomic mass is 16.7. The summed E-state index contributed by atoms with van der Waals surface area (Å²) in [6.07, 6.45) is -5.55. The van der Waals surface area contributed by atoms with Crippen LogP contribution >= 0.6 is 0 Å². The van der Waals surface area contributed by atoms with E-state index >= 15 is 0 Å². The minimum Gasteiger partial charge on any atom is -0.467 e. The van der Waals surface area contributed by atoms with Crippen molar-refractivity contribution in [3.05, 3.63) is 29.8 Å². The zero-order valence-electron chi connectivity index (χ0n) is 22.0. The number of carbonyl (C=O) groups is 6. The van der Waals surface area contributed by atoms with Crippen LogP contribution in [0.2, 0.25) is 0 Å². The monoisotopic (exact) mass is 552 g/mol. The lowest BCUT2D eigenvalue weighted by molar-refractivity contribution is -0.282. The van der Waals surface area contributed by atoms with Crippen molar-refractivity contribution in [3.63, 3.8) is 0 Å². The number of esters is 6. The average molecular weight is 552 g/mol. The molecule has 3 unspecified atom stereocenters. The number of carbonyl (C=O) groups excluding carboxylic acids is 6. The molecular formula is C25H28O14. The lowest BCUT2D eigenvalue weighted by atomic mass is 9.97. The van der Waals surface area contributed by atoms with Crippen LogP contribution in [0.15, 0.2) is 24.3 Å². The number of ether oxygens (including phenoxy) is 8. The van der Waals surface area contributed by atoms with E-state index in [1.165, 1.54) is 31.4 Å². The topological polar surface area (TPSA) is 176 Å². The van der Waals surface area contributed by atoms with Crippen molar-refractivity contribution in [2.75, 3.05) is 14.2 Å². The molecule has 0 amide bonds. The molecule has 1 aliphatic heterocycles. The van der Waals surface area contributed by atoms with E-state index in [1.807, 2.05) is 0 Å². The first-order valence-electron chi connectivity index (χ1n) is 11.4. The van der Waals surface area contributed by atoms with Crippen molar-refractivity contribution in [2.45, 2.75) is 58.4 Å².